The van der Waals surface area contributed by atoms with Gasteiger partial charge in [0, 0.05) is 19.8 Å². The Morgan fingerprint density at radius 1 is 1.18 bits per heavy atom. The first-order valence-electron chi connectivity index (χ1n) is 8.13. The lowest BCUT2D eigenvalue weighted by molar-refractivity contribution is 0.131. The quantitative estimate of drug-likeness (QED) is 0.611. The molecule has 1 aromatic rings. The minimum atomic E-state index is 0.423. The van der Waals surface area contributed by atoms with Crippen molar-refractivity contribution in [2.24, 2.45) is 5.92 Å². The van der Waals surface area contributed by atoms with E-state index in [0.29, 0.717) is 35.7 Å². The second-order valence-corrected chi connectivity index (χ2v) is 5.79. The largest absolute Gasteiger partial charge is 0.476 e. The molecule has 126 valence electrons. The summed E-state index contributed by atoms with van der Waals surface area (Å²) in [6.07, 6.45) is 3.19. The fourth-order valence-corrected chi connectivity index (χ4v) is 1.78. The second-order valence-electron chi connectivity index (χ2n) is 5.79. The number of nitrogen functional groups attached to an aromatic ring is 1. The number of hydrogen-bond donors (Lipinski definition) is 2. The molecule has 1 rings (SSSR count). The van der Waals surface area contributed by atoms with Gasteiger partial charge in [-0.15, -0.1) is 0 Å². The summed E-state index contributed by atoms with van der Waals surface area (Å²) in [5.74, 6) is 2.17. The van der Waals surface area contributed by atoms with Gasteiger partial charge in [-0.25, -0.2) is 4.98 Å². The molecule has 0 aliphatic heterocycles. The van der Waals surface area contributed by atoms with Crippen molar-refractivity contribution in [3.8, 4) is 5.88 Å². The highest BCUT2D eigenvalue weighted by molar-refractivity contribution is 5.66. The number of rotatable bonds is 11. The SMILES string of the molecule is CCCCOCCCNc1nc(C)nc(OCC(C)C)c1N. The number of hydrogen-bond acceptors (Lipinski definition) is 6. The van der Waals surface area contributed by atoms with Crippen LogP contribution in [0.25, 0.3) is 0 Å². The molecule has 0 fully saturated rings. The number of aromatic nitrogens is 2. The molecule has 0 atom stereocenters. The summed E-state index contributed by atoms with van der Waals surface area (Å²) in [5.41, 5.74) is 6.55. The molecular weight excluding hydrogens is 280 g/mol. The molecule has 3 N–H and O–H groups in total. The van der Waals surface area contributed by atoms with Crippen molar-refractivity contribution in [2.75, 3.05) is 37.4 Å². The minimum absolute atomic E-state index is 0.423. The van der Waals surface area contributed by atoms with Gasteiger partial charge in [0.15, 0.2) is 5.82 Å². The van der Waals surface area contributed by atoms with Crippen LogP contribution in [0.4, 0.5) is 11.5 Å². The molecule has 1 heterocycles. The first-order chi connectivity index (χ1) is 10.5. The molecule has 0 saturated heterocycles. The first-order valence-corrected chi connectivity index (χ1v) is 8.13. The smallest absolute Gasteiger partial charge is 0.242 e. The van der Waals surface area contributed by atoms with E-state index in [1.54, 1.807) is 0 Å². The van der Waals surface area contributed by atoms with Gasteiger partial charge in [0.1, 0.15) is 11.5 Å². The van der Waals surface area contributed by atoms with E-state index >= 15 is 0 Å². The van der Waals surface area contributed by atoms with Gasteiger partial charge in [-0.3, -0.25) is 0 Å². The van der Waals surface area contributed by atoms with Crippen LogP contribution in [0.5, 0.6) is 5.88 Å². The predicted octanol–water partition coefficient (Wildman–Crippen LogP) is 3.02. The lowest BCUT2D eigenvalue weighted by Crippen LogP contribution is -2.13. The number of nitrogens with zero attached hydrogens (tertiary/aromatic N) is 2. The van der Waals surface area contributed by atoms with Crippen LogP contribution in [0.2, 0.25) is 0 Å². The van der Waals surface area contributed by atoms with E-state index < -0.39 is 0 Å². The Morgan fingerprint density at radius 2 is 1.91 bits per heavy atom. The standard InChI is InChI=1S/C16H30N4O2/c1-5-6-9-21-10-7-8-18-15-14(17)16(20-13(4)19-15)22-11-12(2)3/h12H,5-11,17H2,1-4H3,(H,18,19,20). The average Bonchev–Trinajstić information content (AvgIpc) is 2.47. The number of aryl methyl sites for hydroxylation is 1. The number of unbranched alkanes of at least 4 members (excludes halogenated alkanes) is 1. The summed E-state index contributed by atoms with van der Waals surface area (Å²) in [7, 11) is 0. The van der Waals surface area contributed by atoms with Crippen molar-refractivity contribution in [3.05, 3.63) is 5.82 Å². The van der Waals surface area contributed by atoms with E-state index in [9.17, 15) is 0 Å². The van der Waals surface area contributed by atoms with Crippen molar-refractivity contribution in [2.45, 2.75) is 47.0 Å². The van der Waals surface area contributed by atoms with Crippen LogP contribution in [0.1, 0.15) is 45.9 Å². The molecular formula is C16H30N4O2. The van der Waals surface area contributed by atoms with Crippen molar-refractivity contribution in [1.29, 1.82) is 0 Å². The van der Waals surface area contributed by atoms with Crippen molar-refractivity contribution >= 4 is 11.5 Å². The molecule has 0 saturated carbocycles. The molecule has 1 aromatic heterocycles. The van der Waals surface area contributed by atoms with Crippen LogP contribution in [-0.2, 0) is 4.74 Å². The highest BCUT2D eigenvalue weighted by atomic mass is 16.5. The fraction of sp³-hybridized carbons (Fsp3) is 0.750. The zero-order chi connectivity index (χ0) is 16.4. The molecule has 0 aliphatic carbocycles. The molecule has 0 bridgehead atoms. The van der Waals surface area contributed by atoms with Crippen LogP contribution in [0, 0.1) is 12.8 Å². The predicted molar refractivity (Wildman–Crippen MR) is 90.3 cm³/mol. The van der Waals surface area contributed by atoms with Gasteiger partial charge in [-0.2, -0.15) is 4.98 Å². The van der Waals surface area contributed by atoms with Gasteiger partial charge in [0.2, 0.25) is 5.88 Å². The summed E-state index contributed by atoms with van der Waals surface area (Å²) < 4.78 is 11.2. The molecule has 0 spiro atoms. The third-order valence-electron chi connectivity index (χ3n) is 2.98. The molecule has 22 heavy (non-hydrogen) atoms. The molecule has 0 aromatic carbocycles. The lowest BCUT2D eigenvalue weighted by Gasteiger charge is -2.14. The Hall–Kier alpha value is -1.56. The first kappa shape index (κ1) is 18.5. The van der Waals surface area contributed by atoms with Gasteiger partial charge in [-0.1, -0.05) is 27.2 Å². The third kappa shape index (κ3) is 6.93. The Kier molecular flexibility index (Phi) is 8.58. The average molecular weight is 310 g/mol. The summed E-state index contributed by atoms with van der Waals surface area (Å²) in [6, 6.07) is 0. The lowest BCUT2D eigenvalue weighted by atomic mass is 10.2. The van der Waals surface area contributed by atoms with Gasteiger partial charge >= 0.3 is 0 Å². The Morgan fingerprint density at radius 3 is 2.59 bits per heavy atom. The van der Waals surface area contributed by atoms with E-state index in [2.05, 4.69) is 36.1 Å². The highest BCUT2D eigenvalue weighted by Crippen LogP contribution is 2.26. The summed E-state index contributed by atoms with van der Waals surface area (Å²) in [6.45, 7) is 11.1. The van der Waals surface area contributed by atoms with Crippen LogP contribution >= 0.6 is 0 Å². The maximum atomic E-state index is 6.08. The van der Waals surface area contributed by atoms with Gasteiger partial charge < -0.3 is 20.5 Å². The van der Waals surface area contributed by atoms with Crippen LogP contribution in [-0.4, -0.2) is 36.3 Å². The van der Waals surface area contributed by atoms with E-state index in [0.717, 1.165) is 39.0 Å². The number of nitrogens with two attached hydrogens (primary N) is 1. The van der Waals surface area contributed by atoms with Crippen molar-refractivity contribution in [3.63, 3.8) is 0 Å². The van der Waals surface area contributed by atoms with Gasteiger partial charge in [-0.05, 0) is 25.7 Å². The Bertz CT molecular complexity index is 438. The van der Waals surface area contributed by atoms with Crippen molar-refractivity contribution < 1.29 is 9.47 Å². The van der Waals surface area contributed by atoms with Gasteiger partial charge in [0.05, 0.1) is 6.61 Å². The van der Waals surface area contributed by atoms with Crippen LogP contribution < -0.4 is 15.8 Å². The Labute approximate surface area is 133 Å². The Balaban J connectivity index is 2.45. The fourth-order valence-electron chi connectivity index (χ4n) is 1.78. The van der Waals surface area contributed by atoms with E-state index in [-0.39, 0.29) is 0 Å². The molecule has 0 radical (unpaired) electrons. The second kappa shape index (κ2) is 10.2. The van der Waals surface area contributed by atoms with E-state index in [1.165, 1.54) is 0 Å². The van der Waals surface area contributed by atoms with Crippen LogP contribution in [0.3, 0.4) is 0 Å². The summed E-state index contributed by atoms with van der Waals surface area (Å²) in [5, 5.41) is 3.24. The zero-order valence-electron chi connectivity index (χ0n) is 14.3. The summed E-state index contributed by atoms with van der Waals surface area (Å²) >= 11 is 0. The summed E-state index contributed by atoms with van der Waals surface area (Å²) in [4.78, 5) is 8.60. The number of ether oxygens (including phenoxy) is 2. The highest BCUT2D eigenvalue weighted by Gasteiger charge is 2.11. The topological polar surface area (TPSA) is 82.3 Å². The molecule has 6 heteroatoms. The van der Waals surface area contributed by atoms with Crippen LogP contribution in [0.15, 0.2) is 0 Å². The molecule has 0 unspecified atom stereocenters. The molecule has 0 amide bonds. The van der Waals surface area contributed by atoms with Crippen molar-refractivity contribution in [1.82, 2.24) is 9.97 Å². The van der Waals surface area contributed by atoms with E-state index in [1.807, 2.05) is 6.92 Å². The maximum absolute atomic E-state index is 6.08. The van der Waals surface area contributed by atoms with Gasteiger partial charge in [0.25, 0.3) is 0 Å². The normalized spacial score (nSPS) is 11.0. The molecule has 0 aliphatic rings. The minimum Gasteiger partial charge on any atom is -0.476 e. The monoisotopic (exact) mass is 310 g/mol. The van der Waals surface area contributed by atoms with E-state index in [4.69, 9.17) is 15.2 Å². The number of nitrogens with one attached hydrogen (secondary N) is 1. The third-order valence-corrected chi connectivity index (χ3v) is 2.98. The number of anilines is 2. The zero-order valence-corrected chi connectivity index (χ0v) is 14.3. The maximum Gasteiger partial charge on any atom is 0.242 e. The molecule has 6 nitrogen and oxygen atoms in total.